The van der Waals surface area contributed by atoms with Gasteiger partial charge in [0.25, 0.3) is 5.91 Å². The summed E-state index contributed by atoms with van der Waals surface area (Å²) in [6.07, 6.45) is 17.5. The Hall–Kier alpha value is -1.40. The average Bonchev–Trinajstić information content (AvgIpc) is 3.41. The standard InChI is InChI=1S/C23H38N4O2/c28-22(23(29,19-9-5-6-10-19)21-15-24-17-25-21)26-20-11-13-27(14-12-20)16-18-7-3-1-2-4-8-18/h15,17-20,29H,1-14,16H2,(H,24,25)(H,26,28). The molecule has 3 N–H and O–H groups in total. The third-order valence-electron chi connectivity index (χ3n) is 7.59. The summed E-state index contributed by atoms with van der Waals surface area (Å²) >= 11 is 0. The van der Waals surface area contributed by atoms with Crippen LogP contribution < -0.4 is 5.32 Å². The van der Waals surface area contributed by atoms with Crippen LogP contribution >= 0.6 is 0 Å². The van der Waals surface area contributed by atoms with Crippen molar-refractivity contribution in [2.24, 2.45) is 11.8 Å². The molecular formula is C23H38N4O2. The Morgan fingerprint density at radius 2 is 1.72 bits per heavy atom. The number of nitrogens with zero attached hydrogens (tertiary/aromatic N) is 2. The summed E-state index contributed by atoms with van der Waals surface area (Å²) < 4.78 is 0. The first-order valence-corrected chi connectivity index (χ1v) is 11.9. The first-order chi connectivity index (χ1) is 14.2. The molecule has 1 unspecified atom stereocenters. The minimum atomic E-state index is -1.51. The number of carbonyl (C=O) groups is 1. The molecule has 3 fully saturated rings. The van der Waals surface area contributed by atoms with Crippen LogP contribution in [0.2, 0.25) is 0 Å². The number of rotatable bonds is 6. The Kier molecular flexibility index (Phi) is 6.91. The zero-order chi connectivity index (χ0) is 20.1. The highest BCUT2D eigenvalue weighted by Gasteiger charge is 2.48. The van der Waals surface area contributed by atoms with Crippen LogP contribution in [-0.4, -0.2) is 51.6 Å². The first kappa shape index (κ1) is 20.9. The van der Waals surface area contributed by atoms with Crippen molar-refractivity contribution in [3.63, 3.8) is 0 Å². The van der Waals surface area contributed by atoms with Crippen molar-refractivity contribution in [3.8, 4) is 0 Å². The van der Waals surface area contributed by atoms with Crippen LogP contribution in [0.5, 0.6) is 0 Å². The highest BCUT2D eigenvalue weighted by atomic mass is 16.3. The van der Waals surface area contributed by atoms with E-state index in [2.05, 4.69) is 20.2 Å². The summed E-state index contributed by atoms with van der Waals surface area (Å²) in [5.41, 5.74) is -1.04. The summed E-state index contributed by atoms with van der Waals surface area (Å²) in [7, 11) is 0. The topological polar surface area (TPSA) is 81.3 Å². The second-order valence-corrected chi connectivity index (χ2v) is 9.61. The van der Waals surface area contributed by atoms with Crippen LogP contribution in [0.25, 0.3) is 0 Å². The molecule has 6 nitrogen and oxygen atoms in total. The summed E-state index contributed by atoms with van der Waals surface area (Å²) in [6.45, 7) is 3.32. The lowest BCUT2D eigenvalue weighted by Gasteiger charge is -2.37. The third-order valence-corrected chi connectivity index (χ3v) is 7.59. The molecule has 2 aliphatic carbocycles. The maximum absolute atomic E-state index is 13.2. The van der Waals surface area contributed by atoms with Crippen molar-refractivity contribution in [2.45, 2.75) is 88.7 Å². The van der Waals surface area contributed by atoms with E-state index in [1.165, 1.54) is 45.1 Å². The number of amides is 1. The number of aromatic amines is 1. The van der Waals surface area contributed by atoms with Gasteiger partial charge in [-0.15, -0.1) is 0 Å². The maximum Gasteiger partial charge on any atom is 0.258 e. The van der Waals surface area contributed by atoms with E-state index in [0.29, 0.717) is 5.69 Å². The molecule has 0 aromatic carbocycles. The average molecular weight is 403 g/mol. The molecule has 3 aliphatic rings. The number of piperidine rings is 1. The largest absolute Gasteiger partial charge is 0.374 e. The number of hydrogen-bond acceptors (Lipinski definition) is 4. The first-order valence-electron chi connectivity index (χ1n) is 11.9. The Morgan fingerprint density at radius 3 is 2.34 bits per heavy atom. The van der Waals surface area contributed by atoms with Gasteiger partial charge in [0, 0.05) is 37.8 Å². The molecule has 1 aromatic heterocycles. The number of H-pyrrole nitrogens is 1. The highest BCUT2D eigenvalue weighted by molar-refractivity contribution is 5.86. The van der Waals surface area contributed by atoms with Gasteiger partial charge in [0.15, 0.2) is 5.60 Å². The van der Waals surface area contributed by atoms with Gasteiger partial charge in [-0.3, -0.25) is 4.79 Å². The lowest BCUT2D eigenvalue weighted by molar-refractivity contribution is -0.149. The SMILES string of the molecule is O=C(NC1CCN(CC2CCCCCC2)CC1)C(O)(c1c[nH]cn1)C1CCCC1. The smallest absolute Gasteiger partial charge is 0.258 e. The van der Waals surface area contributed by atoms with Crippen LogP contribution in [0.15, 0.2) is 12.5 Å². The molecule has 162 valence electrons. The van der Waals surface area contributed by atoms with Gasteiger partial charge in [-0.25, -0.2) is 4.98 Å². The molecule has 1 atom stereocenters. The fraction of sp³-hybridized carbons (Fsp3) is 0.826. The van der Waals surface area contributed by atoms with Crippen LogP contribution in [-0.2, 0) is 10.4 Å². The molecule has 4 rings (SSSR count). The van der Waals surface area contributed by atoms with E-state index in [0.717, 1.165) is 57.5 Å². The second kappa shape index (κ2) is 9.61. The van der Waals surface area contributed by atoms with Gasteiger partial charge >= 0.3 is 0 Å². The normalized spacial score (nSPS) is 25.6. The Morgan fingerprint density at radius 1 is 1.07 bits per heavy atom. The molecule has 29 heavy (non-hydrogen) atoms. The van der Waals surface area contributed by atoms with Gasteiger partial charge in [0.2, 0.25) is 0 Å². The maximum atomic E-state index is 13.2. The van der Waals surface area contributed by atoms with Gasteiger partial charge in [-0.05, 0) is 44.4 Å². The molecule has 0 bridgehead atoms. The predicted molar refractivity (Wildman–Crippen MR) is 113 cm³/mol. The molecule has 1 aromatic rings. The zero-order valence-electron chi connectivity index (χ0n) is 17.7. The third kappa shape index (κ3) is 4.85. The van der Waals surface area contributed by atoms with Gasteiger partial charge in [-0.2, -0.15) is 0 Å². The van der Waals surface area contributed by atoms with Crippen molar-refractivity contribution in [1.82, 2.24) is 20.2 Å². The summed E-state index contributed by atoms with van der Waals surface area (Å²) in [6, 6.07) is 0.153. The summed E-state index contributed by atoms with van der Waals surface area (Å²) in [4.78, 5) is 23.0. The molecule has 6 heteroatoms. The van der Waals surface area contributed by atoms with Crippen molar-refractivity contribution in [3.05, 3.63) is 18.2 Å². The Labute approximate surface area is 174 Å². The van der Waals surface area contributed by atoms with Gasteiger partial charge in [0.05, 0.1) is 12.0 Å². The van der Waals surface area contributed by atoms with E-state index in [-0.39, 0.29) is 17.9 Å². The summed E-state index contributed by atoms with van der Waals surface area (Å²) in [5.74, 6) is 0.565. The minimum Gasteiger partial charge on any atom is -0.374 e. The van der Waals surface area contributed by atoms with E-state index in [9.17, 15) is 9.90 Å². The van der Waals surface area contributed by atoms with E-state index < -0.39 is 5.60 Å². The molecule has 2 saturated carbocycles. The van der Waals surface area contributed by atoms with E-state index in [1.54, 1.807) is 12.5 Å². The Bertz CT molecular complexity index is 627. The molecule has 1 aliphatic heterocycles. The van der Waals surface area contributed by atoms with Crippen LogP contribution in [0.1, 0.15) is 82.7 Å². The number of aliphatic hydroxyl groups is 1. The molecule has 0 radical (unpaired) electrons. The second-order valence-electron chi connectivity index (χ2n) is 9.61. The molecule has 2 heterocycles. The monoisotopic (exact) mass is 402 g/mol. The number of carbonyl (C=O) groups excluding carboxylic acids is 1. The lowest BCUT2D eigenvalue weighted by atomic mass is 9.82. The number of nitrogens with one attached hydrogen (secondary N) is 2. The fourth-order valence-electron chi connectivity index (χ4n) is 5.79. The van der Waals surface area contributed by atoms with Crippen LogP contribution in [0, 0.1) is 11.8 Å². The van der Waals surface area contributed by atoms with Gasteiger partial charge < -0.3 is 20.3 Å². The number of hydrogen-bond donors (Lipinski definition) is 3. The van der Waals surface area contributed by atoms with Crippen molar-refractivity contribution in [1.29, 1.82) is 0 Å². The van der Waals surface area contributed by atoms with E-state index in [4.69, 9.17) is 0 Å². The van der Waals surface area contributed by atoms with Crippen molar-refractivity contribution < 1.29 is 9.90 Å². The summed E-state index contributed by atoms with van der Waals surface area (Å²) in [5, 5.41) is 14.6. The Balaban J connectivity index is 1.31. The highest BCUT2D eigenvalue weighted by Crippen LogP contribution is 2.40. The number of aromatic nitrogens is 2. The lowest BCUT2D eigenvalue weighted by Crippen LogP contribution is -2.54. The number of imidazole rings is 1. The fourth-order valence-corrected chi connectivity index (χ4v) is 5.79. The van der Waals surface area contributed by atoms with Crippen molar-refractivity contribution in [2.75, 3.05) is 19.6 Å². The van der Waals surface area contributed by atoms with Crippen LogP contribution in [0.3, 0.4) is 0 Å². The molecular weight excluding hydrogens is 364 g/mol. The zero-order valence-corrected chi connectivity index (χ0v) is 17.7. The van der Waals surface area contributed by atoms with Gasteiger partial charge in [0.1, 0.15) is 0 Å². The molecule has 1 amide bonds. The molecule has 0 spiro atoms. The van der Waals surface area contributed by atoms with Crippen molar-refractivity contribution >= 4 is 5.91 Å². The quantitative estimate of drug-likeness (QED) is 0.638. The molecule has 1 saturated heterocycles. The number of likely N-dealkylation sites (tertiary alicyclic amines) is 1. The van der Waals surface area contributed by atoms with Gasteiger partial charge in [-0.1, -0.05) is 38.5 Å². The predicted octanol–water partition coefficient (Wildman–Crippen LogP) is 3.34. The van der Waals surface area contributed by atoms with Crippen LogP contribution in [0.4, 0.5) is 0 Å². The van der Waals surface area contributed by atoms with E-state index >= 15 is 0 Å². The van der Waals surface area contributed by atoms with E-state index in [1.807, 2.05) is 0 Å². The minimum absolute atomic E-state index is 0.0406.